The molecule has 0 amide bonds. The van der Waals surface area contributed by atoms with Gasteiger partial charge in [-0.05, 0) is 13.3 Å². The second-order valence-corrected chi connectivity index (χ2v) is 3.24. The first-order valence-corrected chi connectivity index (χ1v) is 5.26. The monoisotopic (exact) mass is 211 g/mol. The van der Waals surface area contributed by atoms with E-state index in [1.807, 2.05) is 6.92 Å². The van der Waals surface area contributed by atoms with E-state index in [2.05, 4.69) is 4.74 Å². The summed E-state index contributed by atoms with van der Waals surface area (Å²) < 4.78 is 4.64. The molecule has 15 heavy (non-hydrogen) atoms. The van der Waals surface area contributed by atoms with E-state index in [-0.39, 0.29) is 18.8 Å². The van der Waals surface area contributed by atoms with Crippen molar-refractivity contribution in [2.45, 2.75) is 39.5 Å². The fourth-order valence-corrected chi connectivity index (χ4v) is 1.18. The Morgan fingerprint density at radius 2 is 2.00 bits per heavy atom. The van der Waals surface area contributed by atoms with Crippen molar-refractivity contribution >= 4 is 11.8 Å². The van der Waals surface area contributed by atoms with Crippen molar-refractivity contribution in [2.75, 3.05) is 6.61 Å². The van der Waals surface area contributed by atoms with Crippen molar-refractivity contribution in [1.82, 2.24) is 0 Å². The lowest BCUT2D eigenvalue weighted by atomic mass is 10.0. The number of carbonyl (C=O) groups is 2. The molecule has 0 N–H and O–H groups in total. The second-order valence-electron chi connectivity index (χ2n) is 3.24. The highest BCUT2D eigenvalue weighted by Crippen LogP contribution is 2.08. The van der Waals surface area contributed by atoms with Crippen LogP contribution < -0.4 is 0 Å². The molecule has 0 radical (unpaired) electrons. The summed E-state index contributed by atoms with van der Waals surface area (Å²) in [6, 6.07) is 1.69. The Morgan fingerprint density at radius 3 is 2.47 bits per heavy atom. The van der Waals surface area contributed by atoms with Gasteiger partial charge in [-0.3, -0.25) is 9.59 Å². The average molecular weight is 211 g/mol. The van der Waals surface area contributed by atoms with Crippen molar-refractivity contribution in [3.05, 3.63) is 0 Å². The lowest BCUT2D eigenvalue weighted by Gasteiger charge is -2.06. The molecule has 0 aliphatic heterocycles. The van der Waals surface area contributed by atoms with Crippen LogP contribution in [0.3, 0.4) is 0 Å². The van der Waals surface area contributed by atoms with Gasteiger partial charge in [0.1, 0.15) is 0 Å². The number of ether oxygens (including phenoxy) is 1. The normalized spacial score (nSPS) is 11.5. The highest BCUT2D eigenvalue weighted by molar-refractivity contribution is 6.01. The van der Waals surface area contributed by atoms with Crippen LogP contribution in [-0.4, -0.2) is 18.4 Å². The molecule has 0 bridgehead atoms. The Labute approximate surface area is 90.2 Å². The zero-order valence-corrected chi connectivity index (χ0v) is 9.28. The van der Waals surface area contributed by atoms with E-state index in [1.54, 1.807) is 13.0 Å². The van der Waals surface area contributed by atoms with Crippen molar-refractivity contribution in [2.24, 2.45) is 5.92 Å². The molecule has 0 heterocycles. The van der Waals surface area contributed by atoms with Crippen LogP contribution in [0.1, 0.15) is 39.5 Å². The summed E-state index contributed by atoms with van der Waals surface area (Å²) in [4.78, 5) is 22.6. The summed E-state index contributed by atoms with van der Waals surface area (Å²) in [6.45, 7) is 3.87. The van der Waals surface area contributed by atoms with Crippen molar-refractivity contribution in [1.29, 1.82) is 5.26 Å². The van der Waals surface area contributed by atoms with Crippen LogP contribution in [0.25, 0.3) is 0 Å². The molecule has 1 atom stereocenters. The van der Waals surface area contributed by atoms with Crippen LogP contribution >= 0.6 is 0 Å². The average Bonchev–Trinajstić information content (AvgIpc) is 2.19. The van der Waals surface area contributed by atoms with Crippen LogP contribution in [-0.2, 0) is 14.3 Å². The summed E-state index contributed by atoms with van der Waals surface area (Å²) in [5.74, 6) is -2.28. The molecule has 0 saturated heterocycles. The molecule has 1 unspecified atom stereocenters. The number of rotatable bonds is 7. The van der Waals surface area contributed by atoms with Gasteiger partial charge in [0.2, 0.25) is 5.92 Å². The Bertz CT molecular complexity index is 255. The second kappa shape index (κ2) is 7.98. The summed E-state index contributed by atoms with van der Waals surface area (Å²) in [6.07, 6.45) is 2.95. The van der Waals surface area contributed by atoms with E-state index in [0.717, 1.165) is 19.3 Å². The van der Waals surface area contributed by atoms with Gasteiger partial charge in [0.15, 0.2) is 5.78 Å². The number of hydrogen-bond donors (Lipinski definition) is 0. The van der Waals surface area contributed by atoms with Crippen LogP contribution in [0.4, 0.5) is 0 Å². The molecular formula is C11H17NO3. The smallest absolute Gasteiger partial charge is 0.331 e. The molecule has 84 valence electrons. The number of ketones is 1. The predicted molar refractivity (Wildman–Crippen MR) is 54.9 cm³/mol. The fraction of sp³-hybridized carbons (Fsp3) is 0.727. The highest BCUT2D eigenvalue weighted by atomic mass is 16.5. The molecule has 0 aliphatic carbocycles. The third-order valence-corrected chi connectivity index (χ3v) is 2.00. The Morgan fingerprint density at radius 1 is 1.33 bits per heavy atom. The highest BCUT2D eigenvalue weighted by Gasteiger charge is 2.26. The number of nitriles is 1. The van der Waals surface area contributed by atoms with Crippen molar-refractivity contribution < 1.29 is 14.3 Å². The molecule has 0 spiro atoms. The van der Waals surface area contributed by atoms with Crippen molar-refractivity contribution in [3.8, 4) is 6.07 Å². The lowest BCUT2D eigenvalue weighted by molar-refractivity contribution is -0.149. The maximum Gasteiger partial charge on any atom is 0.331 e. The fourth-order valence-electron chi connectivity index (χ4n) is 1.18. The van der Waals surface area contributed by atoms with Gasteiger partial charge in [0, 0.05) is 6.42 Å². The maximum atomic E-state index is 11.4. The summed E-state index contributed by atoms with van der Waals surface area (Å²) in [7, 11) is 0. The third kappa shape index (κ3) is 5.16. The Balaban J connectivity index is 4.11. The summed E-state index contributed by atoms with van der Waals surface area (Å²) >= 11 is 0. The number of hydrogen-bond acceptors (Lipinski definition) is 4. The molecule has 0 aromatic rings. The molecule has 0 aliphatic rings. The van der Waals surface area contributed by atoms with Crippen LogP contribution in [0, 0.1) is 17.2 Å². The minimum absolute atomic E-state index is 0.194. The number of esters is 1. The number of nitrogens with zero attached hydrogens (tertiary/aromatic N) is 1. The van der Waals surface area contributed by atoms with Gasteiger partial charge >= 0.3 is 5.97 Å². The van der Waals surface area contributed by atoms with Gasteiger partial charge in [-0.2, -0.15) is 5.26 Å². The Hall–Kier alpha value is -1.37. The van der Waals surface area contributed by atoms with E-state index in [9.17, 15) is 9.59 Å². The number of carbonyl (C=O) groups excluding carboxylic acids is 2. The zero-order valence-electron chi connectivity index (χ0n) is 9.28. The van der Waals surface area contributed by atoms with Crippen LogP contribution in [0.5, 0.6) is 0 Å². The number of unbranched alkanes of at least 4 members (excludes halogenated alkanes) is 2. The van der Waals surface area contributed by atoms with E-state index in [1.165, 1.54) is 0 Å². The minimum atomic E-state index is -1.23. The SMILES string of the molecule is CCCCCC(=O)C(C#N)C(=O)OCC. The zero-order chi connectivity index (χ0) is 11.7. The largest absolute Gasteiger partial charge is 0.465 e. The van der Waals surface area contributed by atoms with Crippen LogP contribution in [0.15, 0.2) is 0 Å². The molecule has 4 nitrogen and oxygen atoms in total. The first-order chi connectivity index (χ1) is 7.17. The Kier molecular flexibility index (Phi) is 7.25. The third-order valence-electron chi connectivity index (χ3n) is 2.00. The predicted octanol–water partition coefficient (Wildman–Crippen LogP) is 1.84. The maximum absolute atomic E-state index is 11.4. The van der Waals surface area contributed by atoms with E-state index >= 15 is 0 Å². The minimum Gasteiger partial charge on any atom is -0.465 e. The quantitative estimate of drug-likeness (QED) is 0.366. The van der Waals surface area contributed by atoms with Gasteiger partial charge in [-0.25, -0.2) is 0 Å². The first kappa shape index (κ1) is 13.6. The first-order valence-electron chi connectivity index (χ1n) is 5.26. The van der Waals surface area contributed by atoms with Gasteiger partial charge < -0.3 is 4.74 Å². The lowest BCUT2D eigenvalue weighted by Crippen LogP contribution is -2.24. The number of Topliss-reactive ketones (excluding diaryl/α,β-unsaturated/α-hetero) is 1. The van der Waals surface area contributed by atoms with Crippen molar-refractivity contribution in [3.63, 3.8) is 0 Å². The van der Waals surface area contributed by atoms with Gasteiger partial charge in [-0.1, -0.05) is 19.8 Å². The standard InChI is InChI=1S/C11H17NO3/c1-3-5-6-7-10(13)9(8-12)11(14)15-4-2/h9H,3-7H2,1-2H3. The van der Waals surface area contributed by atoms with Crippen LogP contribution in [0.2, 0.25) is 0 Å². The molecule has 0 aromatic carbocycles. The van der Waals surface area contributed by atoms with E-state index < -0.39 is 11.9 Å². The van der Waals surface area contributed by atoms with Gasteiger partial charge in [-0.15, -0.1) is 0 Å². The summed E-state index contributed by atoms with van der Waals surface area (Å²) in [5, 5.41) is 8.68. The molecule has 4 heteroatoms. The molecular weight excluding hydrogens is 194 g/mol. The topological polar surface area (TPSA) is 67.2 Å². The van der Waals surface area contributed by atoms with Gasteiger partial charge in [0.05, 0.1) is 12.7 Å². The molecule has 0 aromatic heterocycles. The summed E-state index contributed by atoms with van der Waals surface area (Å²) in [5.41, 5.74) is 0. The molecule has 0 rings (SSSR count). The van der Waals surface area contributed by atoms with E-state index in [0.29, 0.717) is 0 Å². The molecule has 0 saturated carbocycles. The van der Waals surface area contributed by atoms with Gasteiger partial charge in [0.25, 0.3) is 0 Å². The van der Waals surface area contributed by atoms with E-state index in [4.69, 9.17) is 5.26 Å². The molecule has 0 fully saturated rings.